The highest BCUT2D eigenvalue weighted by Gasteiger charge is 2.05. The average Bonchev–Trinajstić information content (AvgIpc) is 2.77. The van der Waals surface area contributed by atoms with Gasteiger partial charge in [0.05, 0.1) is 11.3 Å². The maximum absolute atomic E-state index is 8.97. The van der Waals surface area contributed by atoms with Crippen molar-refractivity contribution in [3.05, 3.63) is 40.5 Å². The molecule has 18 heavy (non-hydrogen) atoms. The summed E-state index contributed by atoms with van der Waals surface area (Å²) in [6.45, 7) is 2.38. The summed E-state index contributed by atoms with van der Waals surface area (Å²) in [5.74, 6) is 1.20. The highest BCUT2D eigenvalue weighted by molar-refractivity contribution is 6.30. The molecule has 0 fully saturated rings. The first-order chi connectivity index (χ1) is 8.69. The van der Waals surface area contributed by atoms with E-state index in [4.69, 9.17) is 21.4 Å². The molecule has 0 saturated heterocycles. The predicted molar refractivity (Wildman–Crippen MR) is 67.4 cm³/mol. The topological polar surface area (TPSA) is 74.7 Å². The van der Waals surface area contributed by atoms with Crippen LogP contribution in [0.3, 0.4) is 0 Å². The number of benzene rings is 1. The van der Waals surface area contributed by atoms with E-state index in [-0.39, 0.29) is 0 Å². The van der Waals surface area contributed by atoms with Gasteiger partial charge in [0.1, 0.15) is 6.07 Å². The Kier molecular flexibility index (Phi) is 3.80. The lowest BCUT2D eigenvalue weighted by atomic mass is 10.2. The van der Waals surface area contributed by atoms with Crippen molar-refractivity contribution in [2.45, 2.75) is 13.3 Å². The maximum atomic E-state index is 8.97. The molecule has 1 heterocycles. The Morgan fingerprint density at radius 3 is 3.00 bits per heavy atom. The van der Waals surface area contributed by atoms with Crippen LogP contribution in [-0.4, -0.2) is 16.7 Å². The maximum Gasteiger partial charge on any atom is 0.228 e. The Bertz CT molecular complexity index is 588. The summed E-state index contributed by atoms with van der Waals surface area (Å²) in [6, 6.07) is 7.23. The summed E-state index contributed by atoms with van der Waals surface area (Å²) < 4.78 is 4.99. The fourth-order valence-corrected chi connectivity index (χ4v) is 1.68. The van der Waals surface area contributed by atoms with E-state index in [1.165, 1.54) is 0 Å². The summed E-state index contributed by atoms with van der Waals surface area (Å²) >= 11 is 5.82. The number of aryl methyl sites for hydroxylation is 1. The molecule has 1 aromatic carbocycles. The third-order valence-electron chi connectivity index (χ3n) is 2.33. The van der Waals surface area contributed by atoms with E-state index >= 15 is 0 Å². The third-order valence-corrected chi connectivity index (χ3v) is 2.56. The van der Waals surface area contributed by atoms with Crippen LogP contribution in [0, 0.1) is 18.3 Å². The van der Waals surface area contributed by atoms with Crippen LogP contribution in [0.5, 0.6) is 0 Å². The van der Waals surface area contributed by atoms with Gasteiger partial charge in [-0.25, -0.2) is 0 Å². The van der Waals surface area contributed by atoms with Gasteiger partial charge in [-0.05, 0) is 25.1 Å². The van der Waals surface area contributed by atoms with Gasteiger partial charge in [0.15, 0.2) is 5.82 Å². The Balaban J connectivity index is 1.96. The predicted octanol–water partition coefficient (Wildman–Crippen LogP) is 2.56. The summed E-state index contributed by atoms with van der Waals surface area (Å²) in [6.07, 6.45) is 0.605. The number of halogens is 1. The molecule has 6 heteroatoms. The molecule has 0 saturated carbocycles. The lowest BCUT2D eigenvalue weighted by Crippen LogP contribution is -2.06. The molecule has 2 aromatic rings. The second kappa shape index (κ2) is 5.52. The minimum Gasteiger partial charge on any atom is -0.383 e. The quantitative estimate of drug-likeness (QED) is 0.916. The van der Waals surface area contributed by atoms with Gasteiger partial charge >= 0.3 is 0 Å². The van der Waals surface area contributed by atoms with Gasteiger partial charge in [-0.2, -0.15) is 10.2 Å². The molecule has 0 unspecified atom stereocenters. The van der Waals surface area contributed by atoms with Crippen molar-refractivity contribution in [1.82, 2.24) is 10.1 Å². The Labute approximate surface area is 109 Å². The van der Waals surface area contributed by atoms with Crippen LogP contribution in [-0.2, 0) is 6.42 Å². The van der Waals surface area contributed by atoms with E-state index < -0.39 is 0 Å². The molecule has 92 valence electrons. The highest BCUT2D eigenvalue weighted by atomic mass is 35.5. The van der Waals surface area contributed by atoms with Crippen LogP contribution in [0.15, 0.2) is 22.7 Å². The zero-order valence-corrected chi connectivity index (χ0v) is 10.5. The smallest absolute Gasteiger partial charge is 0.228 e. The molecule has 0 atom stereocenters. The number of rotatable bonds is 4. The van der Waals surface area contributed by atoms with Crippen molar-refractivity contribution in [3.8, 4) is 6.07 Å². The first-order valence-electron chi connectivity index (χ1n) is 5.42. The molecule has 0 aliphatic rings. The Morgan fingerprint density at radius 1 is 1.50 bits per heavy atom. The minimum atomic E-state index is 0.518. The molecule has 5 nitrogen and oxygen atoms in total. The SMILES string of the molecule is Cc1noc(CCNc2ccc(Cl)cc2C#N)n1. The van der Waals surface area contributed by atoms with E-state index in [0.29, 0.717) is 35.3 Å². The summed E-state index contributed by atoms with van der Waals surface area (Å²) in [4.78, 5) is 4.09. The van der Waals surface area contributed by atoms with Gasteiger partial charge in [0.25, 0.3) is 0 Å². The van der Waals surface area contributed by atoms with Crippen LogP contribution >= 0.6 is 11.6 Å². The molecule has 1 aromatic heterocycles. The molecule has 2 rings (SSSR count). The van der Waals surface area contributed by atoms with Gasteiger partial charge < -0.3 is 9.84 Å². The largest absolute Gasteiger partial charge is 0.383 e. The first kappa shape index (κ1) is 12.4. The second-order valence-corrected chi connectivity index (χ2v) is 4.15. The highest BCUT2D eigenvalue weighted by Crippen LogP contribution is 2.19. The molecule has 0 amide bonds. The zero-order chi connectivity index (χ0) is 13.0. The summed E-state index contributed by atoms with van der Waals surface area (Å²) in [5.41, 5.74) is 1.27. The van der Waals surface area contributed by atoms with Gasteiger partial charge in [-0.1, -0.05) is 16.8 Å². The molecule has 0 aliphatic carbocycles. The normalized spacial score (nSPS) is 10.1. The van der Waals surface area contributed by atoms with Gasteiger partial charge in [-0.15, -0.1) is 0 Å². The van der Waals surface area contributed by atoms with Gasteiger partial charge in [0.2, 0.25) is 5.89 Å². The zero-order valence-electron chi connectivity index (χ0n) is 9.77. The van der Waals surface area contributed by atoms with Gasteiger partial charge in [-0.3, -0.25) is 0 Å². The molecule has 0 radical (unpaired) electrons. The van der Waals surface area contributed by atoms with Crippen LogP contribution < -0.4 is 5.32 Å². The lowest BCUT2D eigenvalue weighted by Gasteiger charge is -2.06. The third kappa shape index (κ3) is 2.99. The van der Waals surface area contributed by atoms with Crippen LogP contribution in [0.25, 0.3) is 0 Å². The standard InChI is InChI=1S/C12H11ClN4O/c1-8-16-12(18-17-8)4-5-15-11-3-2-10(13)6-9(11)7-14/h2-3,6,15H,4-5H2,1H3. The first-order valence-corrected chi connectivity index (χ1v) is 5.79. The molecular weight excluding hydrogens is 252 g/mol. The van der Waals surface area contributed by atoms with Crippen molar-refractivity contribution in [2.24, 2.45) is 0 Å². The minimum absolute atomic E-state index is 0.518. The second-order valence-electron chi connectivity index (χ2n) is 3.71. The molecule has 0 bridgehead atoms. The van der Waals surface area contributed by atoms with E-state index in [0.717, 1.165) is 5.69 Å². The van der Waals surface area contributed by atoms with Gasteiger partial charge in [0, 0.05) is 18.0 Å². The fourth-order valence-electron chi connectivity index (χ4n) is 1.51. The van der Waals surface area contributed by atoms with Crippen molar-refractivity contribution in [3.63, 3.8) is 0 Å². The molecule has 0 aliphatic heterocycles. The van der Waals surface area contributed by atoms with Crippen molar-refractivity contribution >= 4 is 17.3 Å². The van der Waals surface area contributed by atoms with E-state index in [9.17, 15) is 0 Å². The number of nitrogens with one attached hydrogen (secondary N) is 1. The number of anilines is 1. The number of hydrogen-bond acceptors (Lipinski definition) is 5. The average molecular weight is 263 g/mol. The van der Waals surface area contributed by atoms with Crippen LogP contribution in [0.2, 0.25) is 5.02 Å². The summed E-state index contributed by atoms with van der Waals surface area (Å²) in [5, 5.41) is 16.4. The van der Waals surface area contributed by atoms with E-state index in [1.54, 1.807) is 25.1 Å². The summed E-state index contributed by atoms with van der Waals surface area (Å²) in [7, 11) is 0. The van der Waals surface area contributed by atoms with Crippen LogP contribution in [0.4, 0.5) is 5.69 Å². The van der Waals surface area contributed by atoms with Crippen molar-refractivity contribution in [1.29, 1.82) is 5.26 Å². The Morgan fingerprint density at radius 2 is 2.33 bits per heavy atom. The van der Waals surface area contributed by atoms with E-state index in [1.807, 2.05) is 0 Å². The van der Waals surface area contributed by atoms with Crippen LogP contribution in [0.1, 0.15) is 17.3 Å². The number of hydrogen-bond donors (Lipinski definition) is 1. The number of aromatic nitrogens is 2. The van der Waals surface area contributed by atoms with E-state index in [2.05, 4.69) is 21.5 Å². The monoisotopic (exact) mass is 262 g/mol. The fraction of sp³-hybridized carbons (Fsp3) is 0.250. The van der Waals surface area contributed by atoms with Crippen molar-refractivity contribution in [2.75, 3.05) is 11.9 Å². The molecule has 1 N–H and O–H groups in total. The Hall–Kier alpha value is -2.06. The molecular formula is C12H11ClN4O. The molecule has 0 spiro atoms. The van der Waals surface area contributed by atoms with Crippen molar-refractivity contribution < 1.29 is 4.52 Å². The number of nitriles is 1. The number of nitrogens with zero attached hydrogens (tertiary/aromatic N) is 3. The lowest BCUT2D eigenvalue weighted by molar-refractivity contribution is 0.377.